The van der Waals surface area contributed by atoms with Gasteiger partial charge in [0.2, 0.25) is 0 Å². The van der Waals surface area contributed by atoms with Crippen LogP contribution in [0, 0.1) is 5.92 Å². The second kappa shape index (κ2) is 3.77. The van der Waals surface area contributed by atoms with Crippen molar-refractivity contribution in [1.29, 1.82) is 0 Å². The Morgan fingerprint density at radius 3 is 2.36 bits per heavy atom. The second-order valence-corrected chi connectivity index (χ2v) is 3.28. The van der Waals surface area contributed by atoms with E-state index in [-0.39, 0.29) is 0 Å². The molecule has 1 aliphatic rings. The van der Waals surface area contributed by atoms with Gasteiger partial charge in [-0.25, -0.2) is 0 Å². The lowest BCUT2D eigenvalue weighted by molar-refractivity contribution is 0.209. The van der Waals surface area contributed by atoms with E-state index >= 15 is 0 Å². The highest BCUT2D eigenvalue weighted by molar-refractivity contribution is 4.93. The number of rotatable bonds is 2. The lowest BCUT2D eigenvalue weighted by Gasteiger charge is -2.26. The number of methoxy groups -OCH3 is 1. The van der Waals surface area contributed by atoms with Gasteiger partial charge in [0.1, 0.15) is 0 Å². The average Bonchev–Trinajstić information content (AvgIpc) is 2.05. The summed E-state index contributed by atoms with van der Waals surface area (Å²) in [7, 11) is 1.69. The zero-order chi connectivity index (χ0) is 8.27. The summed E-state index contributed by atoms with van der Waals surface area (Å²) in [6, 6.07) is 0.413. The van der Waals surface area contributed by atoms with E-state index in [0.29, 0.717) is 12.0 Å². The third-order valence-electron chi connectivity index (χ3n) is 2.49. The van der Waals surface area contributed by atoms with Crippen molar-refractivity contribution < 1.29 is 4.74 Å². The fourth-order valence-electron chi connectivity index (χ4n) is 1.61. The number of allylic oxidation sites excluding steroid dienone is 1. The van der Waals surface area contributed by atoms with Gasteiger partial charge < -0.3 is 10.5 Å². The first-order valence-corrected chi connectivity index (χ1v) is 4.22. The Morgan fingerprint density at radius 2 is 1.91 bits per heavy atom. The van der Waals surface area contributed by atoms with Gasteiger partial charge in [0, 0.05) is 12.0 Å². The average molecular weight is 155 g/mol. The molecule has 1 aliphatic carbocycles. The van der Waals surface area contributed by atoms with Gasteiger partial charge in [0.25, 0.3) is 0 Å². The molecule has 0 radical (unpaired) electrons. The smallest absolute Gasteiger partial charge is 0.0914 e. The van der Waals surface area contributed by atoms with Gasteiger partial charge in [-0.3, -0.25) is 0 Å². The topological polar surface area (TPSA) is 35.2 Å². The summed E-state index contributed by atoms with van der Waals surface area (Å²) in [4.78, 5) is 0. The van der Waals surface area contributed by atoms with Gasteiger partial charge in [-0.2, -0.15) is 0 Å². The van der Waals surface area contributed by atoms with Crippen LogP contribution < -0.4 is 5.73 Å². The quantitative estimate of drug-likeness (QED) is 0.615. The van der Waals surface area contributed by atoms with E-state index in [0.717, 1.165) is 31.4 Å². The summed E-state index contributed by atoms with van der Waals surface area (Å²) in [5.74, 6) is 1.48. The Kier molecular flexibility index (Phi) is 2.94. The van der Waals surface area contributed by atoms with E-state index in [2.05, 4.69) is 6.58 Å². The van der Waals surface area contributed by atoms with E-state index in [1.54, 1.807) is 7.11 Å². The molecule has 0 bridgehead atoms. The maximum absolute atomic E-state index is 5.77. The van der Waals surface area contributed by atoms with Crippen molar-refractivity contribution in [3.8, 4) is 0 Å². The molecule has 11 heavy (non-hydrogen) atoms. The minimum atomic E-state index is 0.413. The highest BCUT2D eigenvalue weighted by Gasteiger charge is 2.20. The normalized spacial score (nSPS) is 31.5. The van der Waals surface area contributed by atoms with Gasteiger partial charge in [-0.15, -0.1) is 0 Å². The van der Waals surface area contributed by atoms with E-state index in [9.17, 15) is 0 Å². The molecule has 0 spiro atoms. The fourth-order valence-corrected chi connectivity index (χ4v) is 1.61. The first-order chi connectivity index (χ1) is 5.24. The Morgan fingerprint density at radius 1 is 1.36 bits per heavy atom. The molecule has 0 atom stereocenters. The van der Waals surface area contributed by atoms with Crippen molar-refractivity contribution in [2.75, 3.05) is 7.11 Å². The molecule has 1 fully saturated rings. The summed E-state index contributed by atoms with van der Waals surface area (Å²) in [6.45, 7) is 3.86. The highest BCUT2D eigenvalue weighted by Crippen LogP contribution is 2.28. The molecular formula is C9H17NO. The summed E-state index contributed by atoms with van der Waals surface area (Å²) in [5, 5.41) is 0. The zero-order valence-electron chi connectivity index (χ0n) is 7.18. The molecule has 0 aromatic rings. The molecule has 0 amide bonds. The highest BCUT2D eigenvalue weighted by atomic mass is 16.5. The lowest BCUT2D eigenvalue weighted by atomic mass is 9.85. The predicted octanol–water partition coefficient (Wildman–Crippen LogP) is 1.66. The minimum absolute atomic E-state index is 0.413. The molecule has 64 valence electrons. The Balaban J connectivity index is 2.33. The van der Waals surface area contributed by atoms with E-state index in [1.807, 2.05) is 0 Å². The van der Waals surface area contributed by atoms with Gasteiger partial charge >= 0.3 is 0 Å². The van der Waals surface area contributed by atoms with Crippen LogP contribution in [-0.4, -0.2) is 13.2 Å². The third-order valence-corrected chi connectivity index (χ3v) is 2.49. The van der Waals surface area contributed by atoms with Crippen molar-refractivity contribution in [3.63, 3.8) is 0 Å². The molecule has 0 saturated heterocycles. The van der Waals surface area contributed by atoms with Crippen molar-refractivity contribution >= 4 is 0 Å². The van der Waals surface area contributed by atoms with Crippen molar-refractivity contribution in [3.05, 3.63) is 12.3 Å². The van der Waals surface area contributed by atoms with Crippen LogP contribution in [0.5, 0.6) is 0 Å². The summed E-state index contributed by atoms with van der Waals surface area (Å²) >= 11 is 0. The number of nitrogens with two attached hydrogens (primary N) is 1. The SMILES string of the molecule is C=C(OC)C1CCC(N)CC1. The van der Waals surface area contributed by atoms with Gasteiger partial charge in [-0.1, -0.05) is 6.58 Å². The summed E-state index contributed by atoms with van der Waals surface area (Å²) < 4.78 is 5.09. The largest absolute Gasteiger partial charge is 0.501 e. The molecule has 2 heteroatoms. The maximum Gasteiger partial charge on any atom is 0.0914 e. The van der Waals surface area contributed by atoms with Gasteiger partial charge in [-0.05, 0) is 25.7 Å². The maximum atomic E-state index is 5.77. The summed E-state index contributed by atoms with van der Waals surface area (Å²) in [6.07, 6.45) is 4.53. The monoisotopic (exact) mass is 155 g/mol. The molecule has 0 heterocycles. The van der Waals surface area contributed by atoms with Crippen molar-refractivity contribution in [2.45, 2.75) is 31.7 Å². The van der Waals surface area contributed by atoms with Gasteiger partial charge in [0.05, 0.1) is 12.9 Å². The molecule has 0 aromatic carbocycles. The van der Waals surface area contributed by atoms with Crippen LogP contribution in [-0.2, 0) is 4.74 Å². The number of ether oxygens (including phenoxy) is 1. The Bertz CT molecular complexity index is 136. The van der Waals surface area contributed by atoms with Crippen LogP contribution >= 0.6 is 0 Å². The van der Waals surface area contributed by atoms with Crippen LogP contribution in [0.3, 0.4) is 0 Å². The van der Waals surface area contributed by atoms with Crippen LogP contribution in [0.1, 0.15) is 25.7 Å². The van der Waals surface area contributed by atoms with E-state index < -0.39 is 0 Å². The molecule has 1 rings (SSSR count). The molecule has 0 aromatic heterocycles. The molecule has 2 nitrogen and oxygen atoms in total. The molecule has 2 N–H and O–H groups in total. The number of hydrogen-bond donors (Lipinski definition) is 1. The molecule has 0 aliphatic heterocycles. The lowest BCUT2D eigenvalue weighted by Crippen LogP contribution is -2.27. The van der Waals surface area contributed by atoms with Crippen molar-refractivity contribution in [2.24, 2.45) is 11.7 Å². The Labute approximate surface area is 68.4 Å². The molecule has 0 unspecified atom stereocenters. The summed E-state index contributed by atoms with van der Waals surface area (Å²) in [5.41, 5.74) is 5.77. The Hall–Kier alpha value is -0.500. The number of hydrogen-bond acceptors (Lipinski definition) is 2. The second-order valence-electron chi connectivity index (χ2n) is 3.28. The van der Waals surface area contributed by atoms with E-state index in [4.69, 9.17) is 10.5 Å². The van der Waals surface area contributed by atoms with E-state index in [1.165, 1.54) is 0 Å². The first-order valence-electron chi connectivity index (χ1n) is 4.22. The first kappa shape index (κ1) is 8.60. The molecular weight excluding hydrogens is 138 g/mol. The van der Waals surface area contributed by atoms with Crippen LogP contribution in [0.25, 0.3) is 0 Å². The van der Waals surface area contributed by atoms with Crippen molar-refractivity contribution in [1.82, 2.24) is 0 Å². The fraction of sp³-hybridized carbons (Fsp3) is 0.778. The standard InChI is InChI=1S/C9H17NO/c1-7(11-2)8-3-5-9(10)6-4-8/h8-9H,1,3-6,10H2,2H3. The minimum Gasteiger partial charge on any atom is -0.501 e. The van der Waals surface area contributed by atoms with Crippen LogP contribution in [0.15, 0.2) is 12.3 Å². The third kappa shape index (κ3) is 2.22. The zero-order valence-corrected chi connectivity index (χ0v) is 7.18. The molecule has 1 saturated carbocycles. The van der Waals surface area contributed by atoms with Gasteiger partial charge in [0.15, 0.2) is 0 Å². The van der Waals surface area contributed by atoms with Crippen LogP contribution in [0.4, 0.5) is 0 Å². The predicted molar refractivity (Wildman–Crippen MR) is 46.1 cm³/mol. The van der Waals surface area contributed by atoms with Crippen LogP contribution in [0.2, 0.25) is 0 Å².